The van der Waals surface area contributed by atoms with Gasteiger partial charge in [0.1, 0.15) is 0 Å². The van der Waals surface area contributed by atoms with Crippen molar-refractivity contribution >= 4 is 11.6 Å². The number of nitrogens with zero attached hydrogens (tertiary/aromatic N) is 2. The Morgan fingerprint density at radius 1 is 1.52 bits per heavy atom. The van der Waals surface area contributed by atoms with Crippen molar-refractivity contribution in [2.24, 2.45) is 11.7 Å². The minimum absolute atomic E-state index is 0.0331. The van der Waals surface area contributed by atoms with E-state index in [-0.39, 0.29) is 22.4 Å². The van der Waals surface area contributed by atoms with Crippen LogP contribution in [0.15, 0.2) is 18.2 Å². The highest BCUT2D eigenvalue weighted by atomic mass is 16.6. The Bertz CT molecular complexity index is 576. The van der Waals surface area contributed by atoms with Crippen LogP contribution >= 0.6 is 0 Å². The second-order valence-electron chi connectivity index (χ2n) is 5.97. The number of nitro benzene ring substituents is 1. The predicted molar refractivity (Wildman–Crippen MR) is 87.9 cm³/mol. The maximum atomic E-state index is 12.1. The first kappa shape index (κ1) is 17.4. The fraction of sp³-hybridized carbons (Fsp3) is 0.562. The molecule has 0 saturated carbocycles. The molecule has 0 aromatic heterocycles. The number of amides is 1. The van der Waals surface area contributed by atoms with E-state index in [2.05, 4.69) is 10.2 Å². The predicted octanol–water partition coefficient (Wildman–Crippen LogP) is 1.19. The van der Waals surface area contributed by atoms with E-state index >= 15 is 0 Å². The average molecular weight is 320 g/mol. The van der Waals surface area contributed by atoms with Gasteiger partial charge in [0, 0.05) is 37.8 Å². The maximum absolute atomic E-state index is 12.1. The molecule has 1 amide bonds. The molecule has 1 aliphatic heterocycles. The number of carbonyl (C=O) groups is 1. The van der Waals surface area contributed by atoms with Gasteiger partial charge in [-0.1, -0.05) is 12.1 Å². The number of hydrogen-bond acceptors (Lipinski definition) is 5. The summed E-state index contributed by atoms with van der Waals surface area (Å²) in [4.78, 5) is 25.0. The van der Waals surface area contributed by atoms with Crippen LogP contribution < -0.4 is 11.1 Å². The molecular formula is C16H24N4O3. The summed E-state index contributed by atoms with van der Waals surface area (Å²) in [5, 5.41) is 13.9. The second kappa shape index (κ2) is 8.03. The van der Waals surface area contributed by atoms with E-state index < -0.39 is 0 Å². The van der Waals surface area contributed by atoms with Crippen molar-refractivity contribution < 1.29 is 9.72 Å². The summed E-state index contributed by atoms with van der Waals surface area (Å²) in [5.74, 6) is 0.0187. The number of benzene rings is 1. The molecule has 1 saturated heterocycles. The van der Waals surface area contributed by atoms with E-state index in [1.54, 1.807) is 13.0 Å². The largest absolute Gasteiger partial charge is 0.355 e. The number of nitrogens with one attached hydrogen (secondary N) is 1. The Hall–Kier alpha value is -1.99. The molecule has 126 valence electrons. The van der Waals surface area contributed by atoms with Crippen molar-refractivity contribution in [1.82, 2.24) is 10.2 Å². The van der Waals surface area contributed by atoms with Gasteiger partial charge in [-0.15, -0.1) is 0 Å². The molecule has 1 heterocycles. The minimum atomic E-state index is -0.349. The van der Waals surface area contributed by atoms with Crippen molar-refractivity contribution in [3.8, 4) is 0 Å². The molecule has 3 N–H and O–H groups in total. The molecule has 1 aromatic carbocycles. The zero-order chi connectivity index (χ0) is 16.8. The second-order valence-corrected chi connectivity index (χ2v) is 5.97. The summed E-state index contributed by atoms with van der Waals surface area (Å²) in [6, 6.07) is 5.16. The highest BCUT2D eigenvalue weighted by Gasteiger charge is 2.26. The van der Waals surface area contributed by atoms with Gasteiger partial charge >= 0.3 is 0 Å². The van der Waals surface area contributed by atoms with Crippen LogP contribution in [0.4, 0.5) is 5.69 Å². The molecule has 0 radical (unpaired) electrons. The average Bonchev–Trinajstić information content (AvgIpc) is 2.54. The van der Waals surface area contributed by atoms with E-state index in [9.17, 15) is 14.9 Å². The van der Waals surface area contributed by atoms with Crippen molar-refractivity contribution in [1.29, 1.82) is 0 Å². The molecule has 1 aliphatic rings. The highest BCUT2D eigenvalue weighted by Crippen LogP contribution is 2.24. The third-order valence-corrected chi connectivity index (χ3v) is 4.33. The topological polar surface area (TPSA) is 102 Å². The third-order valence-electron chi connectivity index (χ3n) is 4.33. The number of carbonyl (C=O) groups excluding carboxylic acids is 1. The molecule has 1 aromatic rings. The van der Waals surface area contributed by atoms with Gasteiger partial charge in [0.25, 0.3) is 5.69 Å². The van der Waals surface area contributed by atoms with Crippen LogP contribution in [0.25, 0.3) is 0 Å². The van der Waals surface area contributed by atoms with Crippen molar-refractivity contribution in [3.63, 3.8) is 0 Å². The van der Waals surface area contributed by atoms with Crippen LogP contribution in [0.3, 0.4) is 0 Å². The monoisotopic (exact) mass is 320 g/mol. The van der Waals surface area contributed by atoms with Gasteiger partial charge in [0.05, 0.1) is 10.8 Å². The summed E-state index contributed by atoms with van der Waals surface area (Å²) < 4.78 is 0. The number of hydrogen-bond donors (Lipinski definition) is 2. The molecule has 23 heavy (non-hydrogen) atoms. The van der Waals surface area contributed by atoms with Crippen molar-refractivity contribution in [2.75, 3.05) is 26.2 Å². The van der Waals surface area contributed by atoms with Gasteiger partial charge in [-0.3, -0.25) is 19.8 Å². The summed E-state index contributed by atoms with van der Waals surface area (Å²) in [7, 11) is 0. The fourth-order valence-electron chi connectivity index (χ4n) is 3.03. The van der Waals surface area contributed by atoms with Gasteiger partial charge < -0.3 is 11.1 Å². The molecule has 7 heteroatoms. The lowest BCUT2D eigenvalue weighted by molar-refractivity contribution is -0.385. The number of piperidine rings is 1. The van der Waals surface area contributed by atoms with Gasteiger partial charge in [-0.05, 0) is 31.9 Å². The van der Waals surface area contributed by atoms with Crippen molar-refractivity contribution in [2.45, 2.75) is 26.3 Å². The van der Waals surface area contributed by atoms with E-state index in [1.807, 2.05) is 6.07 Å². The van der Waals surface area contributed by atoms with E-state index in [0.717, 1.165) is 24.9 Å². The lowest BCUT2D eigenvalue weighted by Crippen LogP contribution is -2.43. The van der Waals surface area contributed by atoms with Crippen LogP contribution in [0.5, 0.6) is 0 Å². The molecule has 0 aliphatic carbocycles. The minimum Gasteiger partial charge on any atom is -0.355 e. The Morgan fingerprint density at radius 2 is 2.30 bits per heavy atom. The summed E-state index contributed by atoms with van der Waals surface area (Å²) >= 11 is 0. The van der Waals surface area contributed by atoms with E-state index in [4.69, 9.17) is 5.73 Å². The number of rotatable bonds is 6. The van der Waals surface area contributed by atoms with Crippen LogP contribution in [-0.2, 0) is 11.3 Å². The van der Waals surface area contributed by atoms with Crippen LogP contribution in [0.1, 0.15) is 24.0 Å². The zero-order valence-corrected chi connectivity index (χ0v) is 13.5. The SMILES string of the molecule is Cc1c(CN2CCCC(C(=O)NCCN)C2)cccc1[N+](=O)[O-]. The lowest BCUT2D eigenvalue weighted by Gasteiger charge is -2.32. The Labute approximate surface area is 136 Å². The first-order chi connectivity index (χ1) is 11.0. The molecule has 7 nitrogen and oxygen atoms in total. The lowest BCUT2D eigenvalue weighted by atomic mass is 9.96. The highest BCUT2D eigenvalue weighted by molar-refractivity contribution is 5.78. The Balaban J connectivity index is 2.02. The maximum Gasteiger partial charge on any atom is 0.272 e. The molecule has 1 atom stereocenters. The van der Waals surface area contributed by atoms with Gasteiger partial charge in [0.2, 0.25) is 5.91 Å². The molecular weight excluding hydrogens is 296 g/mol. The van der Waals surface area contributed by atoms with Crippen LogP contribution in [-0.4, -0.2) is 41.9 Å². The number of likely N-dealkylation sites (tertiary alicyclic amines) is 1. The Morgan fingerprint density at radius 3 is 3.00 bits per heavy atom. The van der Waals surface area contributed by atoms with E-state index in [0.29, 0.717) is 31.7 Å². The summed E-state index contributed by atoms with van der Waals surface area (Å²) in [6.45, 7) is 4.94. The number of nitrogens with two attached hydrogens (primary N) is 1. The first-order valence-electron chi connectivity index (χ1n) is 7.96. The molecule has 2 rings (SSSR count). The molecule has 1 fully saturated rings. The molecule has 0 spiro atoms. The van der Waals surface area contributed by atoms with Crippen molar-refractivity contribution in [3.05, 3.63) is 39.4 Å². The smallest absolute Gasteiger partial charge is 0.272 e. The molecule has 0 bridgehead atoms. The standard InChI is InChI=1S/C16H24N4O3/c1-12-13(4-2-6-15(12)20(22)23)10-19-9-3-5-14(11-19)16(21)18-8-7-17/h2,4,6,14H,3,5,7-11,17H2,1H3,(H,18,21). The molecule has 1 unspecified atom stereocenters. The third kappa shape index (κ3) is 4.49. The van der Waals surface area contributed by atoms with Crippen LogP contribution in [0, 0.1) is 23.0 Å². The van der Waals surface area contributed by atoms with Gasteiger partial charge in [-0.2, -0.15) is 0 Å². The summed E-state index contributed by atoms with van der Waals surface area (Å²) in [6.07, 6.45) is 1.83. The first-order valence-corrected chi connectivity index (χ1v) is 7.96. The van der Waals surface area contributed by atoms with E-state index in [1.165, 1.54) is 6.07 Å². The summed E-state index contributed by atoms with van der Waals surface area (Å²) in [5.41, 5.74) is 7.21. The van der Waals surface area contributed by atoms with Gasteiger partial charge in [0.15, 0.2) is 0 Å². The van der Waals surface area contributed by atoms with Gasteiger partial charge in [-0.25, -0.2) is 0 Å². The van der Waals surface area contributed by atoms with Crippen LogP contribution in [0.2, 0.25) is 0 Å². The quantitative estimate of drug-likeness (QED) is 0.605. The number of nitro groups is 1. The fourth-order valence-corrected chi connectivity index (χ4v) is 3.03. The Kier molecular flexibility index (Phi) is 6.06. The normalized spacial score (nSPS) is 18.6. The zero-order valence-electron chi connectivity index (χ0n) is 13.5.